The van der Waals surface area contributed by atoms with E-state index in [-0.39, 0.29) is 0 Å². The van der Waals surface area contributed by atoms with Gasteiger partial charge in [-0.25, -0.2) is 0 Å². The summed E-state index contributed by atoms with van der Waals surface area (Å²) in [4.78, 5) is 2.82. The van der Waals surface area contributed by atoms with Gasteiger partial charge in [0.25, 0.3) is 0 Å². The summed E-state index contributed by atoms with van der Waals surface area (Å²) in [5.74, 6) is 0. The molecule has 0 unspecified atom stereocenters. The molecule has 0 radical (unpaired) electrons. The molecule has 0 aliphatic carbocycles. The van der Waals surface area contributed by atoms with Gasteiger partial charge in [0.05, 0.1) is 0 Å². The molecule has 0 atom stereocenters. The Bertz CT molecular complexity index is 384. The van der Waals surface area contributed by atoms with E-state index in [4.69, 9.17) is 18.0 Å². The van der Waals surface area contributed by atoms with Gasteiger partial charge in [0.1, 0.15) is 4.99 Å². The molecule has 2 nitrogen and oxygen atoms in total. The van der Waals surface area contributed by atoms with Crippen molar-refractivity contribution in [2.24, 2.45) is 5.73 Å². The third-order valence-electron chi connectivity index (χ3n) is 2.59. The number of hydrogen-bond donors (Lipinski definition) is 1. The Hall–Kier alpha value is -1.35. The van der Waals surface area contributed by atoms with E-state index in [0.717, 1.165) is 25.1 Å². The van der Waals surface area contributed by atoms with Crippen LogP contribution in [0.25, 0.3) is 0 Å². The molecule has 1 aromatic carbocycles. The van der Waals surface area contributed by atoms with E-state index in [1.165, 1.54) is 5.69 Å². The lowest BCUT2D eigenvalue weighted by atomic mass is 10.1. The first-order valence-corrected chi connectivity index (χ1v) is 5.47. The van der Waals surface area contributed by atoms with Gasteiger partial charge in [-0.15, -0.1) is 0 Å². The Labute approximate surface area is 95.4 Å². The van der Waals surface area contributed by atoms with Gasteiger partial charge in [0.15, 0.2) is 0 Å². The molecule has 15 heavy (non-hydrogen) atoms. The van der Waals surface area contributed by atoms with E-state index < -0.39 is 0 Å². The van der Waals surface area contributed by atoms with Crippen molar-refractivity contribution < 1.29 is 0 Å². The minimum absolute atomic E-state index is 0.524. The smallest absolute Gasteiger partial charge is 0.101 e. The Morgan fingerprint density at radius 2 is 2.00 bits per heavy atom. The largest absolute Gasteiger partial charge is 0.390 e. The zero-order valence-corrected chi connectivity index (χ0v) is 9.33. The van der Waals surface area contributed by atoms with E-state index >= 15 is 0 Å². The van der Waals surface area contributed by atoms with E-state index in [2.05, 4.69) is 23.1 Å². The first kappa shape index (κ1) is 10.2. The van der Waals surface area contributed by atoms with Crippen molar-refractivity contribution in [3.8, 4) is 0 Å². The molecule has 0 bridgehead atoms. The highest BCUT2D eigenvalue weighted by Gasteiger charge is 2.13. The standard InChI is InChI=1S/C12H14N2S/c13-12(15)10-5-4-8-14(9-10)11-6-2-1-3-7-11/h1-3,5-7H,4,8-9H2,(H2,13,15). The summed E-state index contributed by atoms with van der Waals surface area (Å²) in [6.45, 7) is 1.87. The molecule has 0 aromatic heterocycles. The molecule has 0 fully saturated rings. The minimum atomic E-state index is 0.524. The van der Waals surface area contributed by atoms with Crippen LogP contribution in [0.5, 0.6) is 0 Å². The number of nitrogens with two attached hydrogens (primary N) is 1. The SMILES string of the molecule is NC(=S)C1=CCCN(c2ccccc2)C1. The summed E-state index contributed by atoms with van der Waals surface area (Å²) in [6.07, 6.45) is 3.16. The molecular formula is C12H14N2S. The van der Waals surface area contributed by atoms with Gasteiger partial charge in [-0.05, 0) is 18.6 Å². The van der Waals surface area contributed by atoms with Gasteiger partial charge < -0.3 is 10.6 Å². The molecule has 1 aliphatic rings. The molecular weight excluding hydrogens is 204 g/mol. The number of benzene rings is 1. The monoisotopic (exact) mass is 218 g/mol. The fourth-order valence-electron chi connectivity index (χ4n) is 1.78. The Balaban J connectivity index is 2.15. The van der Waals surface area contributed by atoms with Gasteiger partial charge in [0, 0.05) is 24.4 Å². The second-order valence-corrected chi connectivity index (χ2v) is 4.08. The zero-order chi connectivity index (χ0) is 10.7. The maximum Gasteiger partial charge on any atom is 0.101 e. The van der Waals surface area contributed by atoms with E-state index in [1.54, 1.807) is 0 Å². The summed E-state index contributed by atoms with van der Waals surface area (Å²) >= 11 is 5.00. The van der Waals surface area contributed by atoms with Crippen LogP contribution in [0.3, 0.4) is 0 Å². The van der Waals surface area contributed by atoms with Crippen molar-refractivity contribution in [3.63, 3.8) is 0 Å². The second-order valence-electron chi connectivity index (χ2n) is 3.64. The van der Waals surface area contributed by atoms with Crippen LogP contribution in [0.1, 0.15) is 6.42 Å². The normalized spacial score (nSPS) is 16.0. The lowest BCUT2D eigenvalue weighted by molar-refractivity contribution is 0.808. The van der Waals surface area contributed by atoms with Crippen LogP contribution in [0, 0.1) is 0 Å². The van der Waals surface area contributed by atoms with Crippen molar-refractivity contribution in [3.05, 3.63) is 42.0 Å². The first-order valence-electron chi connectivity index (χ1n) is 5.06. The van der Waals surface area contributed by atoms with Gasteiger partial charge in [-0.2, -0.15) is 0 Å². The van der Waals surface area contributed by atoms with E-state index in [0.29, 0.717) is 4.99 Å². The van der Waals surface area contributed by atoms with Crippen LogP contribution in [-0.4, -0.2) is 18.1 Å². The number of thiocarbonyl (C=S) groups is 1. The van der Waals surface area contributed by atoms with Crippen LogP contribution in [-0.2, 0) is 0 Å². The molecule has 1 aliphatic heterocycles. The van der Waals surface area contributed by atoms with Crippen LogP contribution in [0.2, 0.25) is 0 Å². The maximum absolute atomic E-state index is 5.64. The van der Waals surface area contributed by atoms with Gasteiger partial charge >= 0.3 is 0 Å². The number of para-hydroxylation sites is 1. The number of anilines is 1. The molecule has 2 rings (SSSR count). The molecule has 2 N–H and O–H groups in total. The third kappa shape index (κ3) is 2.36. The Kier molecular flexibility index (Phi) is 3.02. The van der Waals surface area contributed by atoms with Crippen LogP contribution in [0.4, 0.5) is 5.69 Å². The summed E-state index contributed by atoms with van der Waals surface area (Å²) < 4.78 is 0. The number of hydrogen-bond acceptors (Lipinski definition) is 2. The molecule has 0 amide bonds. The molecule has 0 saturated carbocycles. The fraction of sp³-hybridized carbons (Fsp3) is 0.250. The third-order valence-corrected chi connectivity index (χ3v) is 2.85. The molecule has 0 spiro atoms. The topological polar surface area (TPSA) is 29.3 Å². The van der Waals surface area contributed by atoms with Crippen molar-refractivity contribution in [2.75, 3.05) is 18.0 Å². The first-order chi connectivity index (χ1) is 7.27. The van der Waals surface area contributed by atoms with Gasteiger partial charge in [0.2, 0.25) is 0 Å². The highest BCUT2D eigenvalue weighted by atomic mass is 32.1. The minimum Gasteiger partial charge on any atom is -0.390 e. The van der Waals surface area contributed by atoms with Crippen LogP contribution in [0.15, 0.2) is 42.0 Å². The van der Waals surface area contributed by atoms with Crippen molar-refractivity contribution in [2.45, 2.75) is 6.42 Å². The molecule has 1 aromatic rings. The summed E-state index contributed by atoms with van der Waals surface area (Å²) in [6, 6.07) is 10.4. The van der Waals surface area contributed by atoms with Gasteiger partial charge in [-0.3, -0.25) is 0 Å². The van der Waals surface area contributed by atoms with Crippen molar-refractivity contribution >= 4 is 22.9 Å². The number of nitrogens with zero attached hydrogens (tertiary/aromatic N) is 1. The fourth-order valence-corrected chi connectivity index (χ4v) is 1.93. The quantitative estimate of drug-likeness (QED) is 0.771. The Morgan fingerprint density at radius 3 is 2.67 bits per heavy atom. The summed E-state index contributed by atoms with van der Waals surface area (Å²) in [5.41, 5.74) is 7.96. The molecule has 1 heterocycles. The molecule has 3 heteroatoms. The maximum atomic E-state index is 5.64. The molecule has 0 saturated heterocycles. The lowest BCUT2D eigenvalue weighted by Crippen LogP contribution is -2.33. The van der Waals surface area contributed by atoms with Crippen LogP contribution < -0.4 is 10.6 Å². The highest BCUT2D eigenvalue weighted by Crippen LogP contribution is 2.19. The van der Waals surface area contributed by atoms with E-state index in [1.807, 2.05) is 18.2 Å². The van der Waals surface area contributed by atoms with E-state index in [9.17, 15) is 0 Å². The van der Waals surface area contributed by atoms with Gasteiger partial charge in [-0.1, -0.05) is 36.5 Å². The summed E-state index contributed by atoms with van der Waals surface area (Å²) in [7, 11) is 0. The van der Waals surface area contributed by atoms with Crippen molar-refractivity contribution in [1.29, 1.82) is 0 Å². The number of rotatable bonds is 2. The average Bonchev–Trinajstić information content (AvgIpc) is 2.30. The highest BCUT2D eigenvalue weighted by molar-refractivity contribution is 7.80. The Morgan fingerprint density at radius 1 is 1.27 bits per heavy atom. The summed E-state index contributed by atoms with van der Waals surface area (Å²) in [5, 5.41) is 0. The molecule has 78 valence electrons. The van der Waals surface area contributed by atoms with Crippen molar-refractivity contribution in [1.82, 2.24) is 0 Å². The zero-order valence-electron chi connectivity index (χ0n) is 8.52. The second kappa shape index (κ2) is 4.45. The predicted octanol–water partition coefficient (Wildman–Crippen LogP) is 2.11. The lowest BCUT2D eigenvalue weighted by Gasteiger charge is -2.28. The predicted molar refractivity (Wildman–Crippen MR) is 68.1 cm³/mol. The van der Waals surface area contributed by atoms with Crippen LogP contribution >= 0.6 is 12.2 Å². The average molecular weight is 218 g/mol.